The Bertz CT molecular complexity index is 249. The zero-order valence-electron chi connectivity index (χ0n) is 9.94. The van der Waals surface area contributed by atoms with Crippen molar-refractivity contribution in [2.24, 2.45) is 16.6 Å². The minimum atomic E-state index is -0.155. The molecule has 0 aromatic rings. The molecule has 2 rings (SSSR count). The Morgan fingerprint density at radius 3 is 2.56 bits per heavy atom. The summed E-state index contributed by atoms with van der Waals surface area (Å²) < 4.78 is 0. The van der Waals surface area contributed by atoms with E-state index >= 15 is 0 Å². The summed E-state index contributed by atoms with van der Waals surface area (Å²) in [6, 6.07) is 0. The molecule has 4 nitrogen and oxygen atoms in total. The van der Waals surface area contributed by atoms with Gasteiger partial charge in [-0.2, -0.15) is 0 Å². The standard InChI is InChI=1S/C12H23N3O/c13-12(15-7-2-1-3-8-15)14-9-10-5-4-6-11(10)16/h10-11,16H,1-9H2,(H2,13,14). The molecular formula is C12H23N3O. The topological polar surface area (TPSA) is 61.9 Å². The first-order valence-electron chi connectivity index (χ1n) is 6.50. The predicted molar refractivity (Wildman–Crippen MR) is 65.3 cm³/mol. The minimum Gasteiger partial charge on any atom is -0.393 e. The van der Waals surface area contributed by atoms with Crippen LogP contribution in [0.5, 0.6) is 0 Å². The fraction of sp³-hybridized carbons (Fsp3) is 0.917. The van der Waals surface area contributed by atoms with Crippen molar-refractivity contribution in [1.29, 1.82) is 0 Å². The molecule has 92 valence electrons. The Balaban J connectivity index is 1.81. The van der Waals surface area contributed by atoms with Gasteiger partial charge >= 0.3 is 0 Å². The van der Waals surface area contributed by atoms with Gasteiger partial charge < -0.3 is 15.7 Å². The molecule has 3 N–H and O–H groups in total. The summed E-state index contributed by atoms with van der Waals surface area (Å²) >= 11 is 0. The lowest BCUT2D eigenvalue weighted by Gasteiger charge is -2.27. The number of nitrogens with zero attached hydrogens (tertiary/aromatic N) is 2. The van der Waals surface area contributed by atoms with Crippen LogP contribution in [0.3, 0.4) is 0 Å². The molecule has 1 saturated carbocycles. The van der Waals surface area contributed by atoms with Gasteiger partial charge in [-0.05, 0) is 32.1 Å². The second kappa shape index (κ2) is 5.53. The van der Waals surface area contributed by atoms with Crippen molar-refractivity contribution in [3.63, 3.8) is 0 Å². The van der Waals surface area contributed by atoms with Crippen molar-refractivity contribution in [3.05, 3.63) is 0 Å². The number of aliphatic hydroxyl groups excluding tert-OH is 1. The maximum atomic E-state index is 9.69. The molecule has 0 bridgehead atoms. The first-order valence-corrected chi connectivity index (χ1v) is 6.50. The third-order valence-corrected chi connectivity index (χ3v) is 3.79. The summed E-state index contributed by atoms with van der Waals surface area (Å²) in [5.41, 5.74) is 5.97. The molecule has 0 amide bonds. The van der Waals surface area contributed by atoms with Gasteiger partial charge in [0.2, 0.25) is 0 Å². The van der Waals surface area contributed by atoms with E-state index in [-0.39, 0.29) is 6.10 Å². The van der Waals surface area contributed by atoms with Gasteiger partial charge in [0, 0.05) is 25.6 Å². The summed E-state index contributed by atoms with van der Waals surface area (Å²) in [6.45, 7) is 2.79. The molecule has 16 heavy (non-hydrogen) atoms. The number of likely N-dealkylation sites (tertiary alicyclic amines) is 1. The first kappa shape index (κ1) is 11.7. The van der Waals surface area contributed by atoms with Gasteiger partial charge in [0.25, 0.3) is 0 Å². The number of rotatable bonds is 2. The lowest BCUT2D eigenvalue weighted by atomic mass is 10.1. The average Bonchev–Trinajstić information content (AvgIpc) is 2.73. The van der Waals surface area contributed by atoms with Crippen LogP contribution in [0.25, 0.3) is 0 Å². The van der Waals surface area contributed by atoms with Gasteiger partial charge in [-0.25, -0.2) is 0 Å². The van der Waals surface area contributed by atoms with Crippen molar-refractivity contribution in [1.82, 2.24) is 4.90 Å². The van der Waals surface area contributed by atoms with Gasteiger partial charge in [-0.1, -0.05) is 6.42 Å². The van der Waals surface area contributed by atoms with Gasteiger partial charge in [0.05, 0.1) is 6.10 Å². The predicted octanol–water partition coefficient (Wildman–Crippen LogP) is 0.948. The van der Waals surface area contributed by atoms with Crippen molar-refractivity contribution < 1.29 is 5.11 Å². The van der Waals surface area contributed by atoms with Crippen LogP contribution in [-0.2, 0) is 0 Å². The molecule has 0 spiro atoms. The summed E-state index contributed by atoms with van der Waals surface area (Å²) in [6.07, 6.45) is 6.76. The number of hydrogen-bond donors (Lipinski definition) is 2. The number of piperidine rings is 1. The van der Waals surface area contributed by atoms with Crippen LogP contribution in [0.2, 0.25) is 0 Å². The Labute approximate surface area is 97.5 Å². The van der Waals surface area contributed by atoms with Crippen LogP contribution in [-0.4, -0.2) is 41.7 Å². The van der Waals surface area contributed by atoms with Crippen LogP contribution in [0, 0.1) is 5.92 Å². The Morgan fingerprint density at radius 1 is 1.19 bits per heavy atom. The van der Waals surface area contributed by atoms with Crippen molar-refractivity contribution in [2.75, 3.05) is 19.6 Å². The largest absolute Gasteiger partial charge is 0.393 e. The highest BCUT2D eigenvalue weighted by Crippen LogP contribution is 2.25. The molecular weight excluding hydrogens is 202 g/mol. The maximum Gasteiger partial charge on any atom is 0.191 e. The molecule has 0 aromatic heterocycles. The van der Waals surface area contributed by atoms with Gasteiger partial charge in [0.1, 0.15) is 0 Å². The molecule has 1 saturated heterocycles. The van der Waals surface area contributed by atoms with E-state index in [1.807, 2.05) is 0 Å². The Hall–Kier alpha value is -0.770. The fourth-order valence-corrected chi connectivity index (χ4v) is 2.66. The van der Waals surface area contributed by atoms with E-state index in [9.17, 15) is 5.11 Å². The Morgan fingerprint density at radius 2 is 1.94 bits per heavy atom. The molecule has 2 aliphatic rings. The molecule has 0 radical (unpaired) electrons. The van der Waals surface area contributed by atoms with Crippen molar-refractivity contribution in [2.45, 2.75) is 44.6 Å². The quantitative estimate of drug-likeness (QED) is 0.543. The van der Waals surface area contributed by atoms with Gasteiger partial charge in [-0.3, -0.25) is 4.99 Å². The molecule has 0 aromatic carbocycles. The summed E-state index contributed by atoms with van der Waals surface area (Å²) in [7, 11) is 0. The van der Waals surface area contributed by atoms with E-state index < -0.39 is 0 Å². The molecule has 1 aliphatic heterocycles. The molecule has 2 atom stereocenters. The van der Waals surface area contributed by atoms with Crippen LogP contribution < -0.4 is 5.73 Å². The normalized spacial score (nSPS) is 32.1. The zero-order valence-corrected chi connectivity index (χ0v) is 9.94. The highest BCUT2D eigenvalue weighted by Gasteiger charge is 2.25. The highest BCUT2D eigenvalue weighted by molar-refractivity contribution is 5.78. The monoisotopic (exact) mass is 225 g/mol. The van der Waals surface area contributed by atoms with Crippen LogP contribution >= 0.6 is 0 Å². The summed E-state index contributed by atoms with van der Waals surface area (Å²) in [5, 5.41) is 9.69. The second-order valence-electron chi connectivity index (χ2n) is 5.00. The summed E-state index contributed by atoms with van der Waals surface area (Å²) in [5.74, 6) is 1.02. The third kappa shape index (κ3) is 2.88. The molecule has 2 unspecified atom stereocenters. The number of guanidine groups is 1. The molecule has 2 fully saturated rings. The highest BCUT2D eigenvalue weighted by atomic mass is 16.3. The second-order valence-corrected chi connectivity index (χ2v) is 5.00. The number of aliphatic hydroxyl groups is 1. The minimum absolute atomic E-state index is 0.155. The maximum absolute atomic E-state index is 9.69. The average molecular weight is 225 g/mol. The third-order valence-electron chi connectivity index (χ3n) is 3.79. The van der Waals surface area contributed by atoms with Gasteiger partial charge in [-0.15, -0.1) is 0 Å². The molecule has 1 aliphatic carbocycles. The number of nitrogens with two attached hydrogens (primary N) is 1. The lowest BCUT2D eigenvalue weighted by Crippen LogP contribution is -2.41. The first-order chi connectivity index (χ1) is 7.77. The van der Waals surface area contributed by atoms with E-state index in [0.29, 0.717) is 18.4 Å². The summed E-state index contributed by atoms with van der Waals surface area (Å²) in [4.78, 5) is 6.61. The van der Waals surface area contributed by atoms with E-state index in [4.69, 9.17) is 5.73 Å². The lowest BCUT2D eigenvalue weighted by molar-refractivity contribution is 0.136. The molecule has 1 heterocycles. The van der Waals surface area contributed by atoms with Gasteiger partial charge in [0.15, 0.2) is 5.96 Å². The van der Waals surface area contributed by atoms with Crippen molar-refractivity contribution >= 4 is 5.96 Å². The van der Waals surface area contributed by atoms with Crippen molar-refractivity contribution in [3.8, 4) is 0 Å². The van der Waals surface area contributed by atoms with E-state index in [2.05, 4.69) is 9.89 Å². The van der Waals surface area contributed by atoms with Crippen LogP contribution in [0.15, 0.2) is 4.99 Å². The zero-order chi connectivity index (χ0) is 11.4. The van der Waals surface area contributed by atoms with Crippen LogP contribution in [0.1, 0.15) is 38.5 Å². The van der Waals surface area contributed by atoms with Crippen LogP contribution in [0.4, 0.5) is 0 Å². The molecule has 4 heteroatoms. The fourth-order valence-electron chi connectivity index (χ4n) is 2.66. The Kier molecular flexibility index (Phi) is 4.04. The van der Waals surface area contributed by atoms with E-state index in [1.165, 1.54) is 19.3 Å². The van der Waals surface area contributed by atoms with E-state index in [1.54, 1.807) is 0 Å². The number of aliphatic imine (C=N–C) groups is 1. The number of hydrogen-bond acceptors (Lipinski definition) is 2. The SMILES string of the molecule is NC(=NCC1CCCC1O)N1CCCCC1. The smallest absolute Gasteiger partial charge is 0.191 e. The van der Waals surface area contributed by atoms with E-state index in [0.717, 1.165) is 32.4 Å².